The lowest BCUT2D eigenvalue weighted by Crippen LogP contribution is -1.98. The highest BCUT2D eigenvalue weighted by atomic mass is 16.7. The van der Waals surface area contributed by atoms with E-state index in [9.17, 15) is 5.11 Å². The summed E-state index contributed by atoms with van der Waals surface area (Å²) in [7, 11) is 0. The van der Waals surface area contributed by atoms with Gasteiger partial charge in [-0.1, -0.05) is 6.07 Å². The predicted molar refractivity (Wildman–Crippen MR) is 89.3 cm³/mol. The van der Waals surface area contributed by atoms with Gasteiger partial charge in [0.25, 0.3) is 0 Å². The van der Waals surface area contributed by atoms with Crippen LogP contribution in [0.4, 0.5) is 23.0 Å². The van der Waals surface area contributed by atoms with Crippen molar-refractivity contribution in [2.75, 3.05) is 17.4 Å². The number of rotatable bonds is 4. The molecule has 0 atom stereocenters. The zero-order valence-corrected chi connectivity index (χ0v) is 12.6. The number of hydrogen-bond donors (Lipinski definition) is 3. The van der Waals surface area contributed by atoms with E-state index in [-0.39, 0.29) is 12.5 Å². The molecule has 1 aromatic heterocycles. The van der Waals surface area contributed by atoms with Crippen LogP contribution in [-0.2, 0) is 0 Å². The second-order valence-electron chi connectivity index (χ2n) is 5.16. The number of hydrogen-bond acceptors (Lipinski definition) is 7. The molecular weight excluding hydrogens is 308 g/mol. The quantitative estimate of drug-likeness (QED) is 0.678. The number of ether oxygens (including phenoxy) is 2. The maximum absolute atomic E-state index is 9.51. The van der Waals surface area contributed by atoms with Crippen LogP contribution >= 0.6 is 0 Å². The Balaban J connectivity index is 1.52. The fourth-order valence-corrected chi connectivity index (χ4v) is 2.35. The van der Waals surface area contributed by atoms with Crippen LogP contribution in [0.25, 0.3) is 0 Å². The number of fused-ring (bicyclic) bond motifs is 1. The van der Waals surface area contributed by atoms with Gasteiger partial charge < -0.3 is 25.2 Å². The first kappa shape index (κ1) is 14.1. The van der Waals surface area contributed by atoms with E-state index < -0.39 is 0 Å². The summed E-state index contributed by atoms with van der Waals surface area (Å²) >= 11 is 0. The molecule has 1 aliphatic heterocycles. The zero-order chi connectivity index (χ0) is 16.4. The van der Waals surface area contributed by atoms with E-state index in [1.54, 1.807) is 24.3 Å². The lowest BCUT2D eigenvalue weighted by molar-refractivity contribution is 0.174. The van der Waals surface area contributed by atoms with Crippen LogP contribution in [0.3, 0.4) is 0 Å². The van der Waals surface area contributed by atoms with E-state index in [4.69, 9.17) is 9.47 Å². The number of phenolic OH excluding ortho intramolecular Hbond substituents is 1. The first-order valence-electron chi connectivity index (χ1n) is 7.31. The molecule has 0 unspecified atom stereocenters. The molecule has 3 N–H and O–H groups in total. The van der Waals surface area contributed by atoms with Crippen molar-refractivity contribution in [1.29, 1.82) is 0 Å². The van der Waals surface area contributed by atoms with Crippen molar-refractivity contribution in [2.24, 2.45) is 0 Å². The monoisotopic (exact) mass is 322 g/mol. The molecule has 0 radical (unpaired) electrons. The summed E-state index contributed by atoms with van der Waals surface area (Å²) in [4.78, 5) is 8.38. The summed E-state index contributed by atoms with van der Waals surface area (Å²) < 4.78 is 10.7. The van der Waals surface area contributed by atoms with Crippen LogP contribution in [0.5, 0.6) is 17.2 Å². The molecule has 120 valence electrons. The molecule has 1 aliphatic rings. The van der Waals surface area contributed by atoms with Crippen molar-refractivity contribution in [3.05, 3.63) is 54.9 Å². The van der Waals surface area contributed by atoms with Crippen molar-refractivity contribution in [2.45, 2.75) is 0 Å². The second-order valence-corrected chi connectivity index (χ2v) is 5.16. The molecule has 0 fully saturated rings. The highest BCUT2D eigenvalue weighted by Gasteiger charge is 2.13. The van der Waals surface area contributed by atoms with Gasteiger partial charge in [-0.25, -0.2) is 9.97 Å². The first-order valence-corrected chi connectivity index (χ1v) is 7.31. The molecule has 0 aliphatic carbocycles. The molecule has 0 saturated carbocycles. The largest absolute Gasteiger partial charge is 0.508 e. The molecule has 7 heteroatoms. The lowest BCUT2D eigenvalue weighted by atomic mass is 10.2. The molecule has 0 saturated heterocycles. The third-order valence-corrected chi connectivity index (χ3v) is 3.43. The summed E-state index contributed by atoms with van der Waals surface area (Å²) in [6.07, 6.45) is 1.46. The van der Waals surface area contributed by atoms with Crippen molar-refractivity contribution >= 4 is 23.0 Å². The third-order valence-electron chi connectivity index (χ3n) is 3.43. The van der Waals surface area contributed by atoms with Crippen molar-refractivity contribution < 1.29 is 14.6 Å². The Kier molecular flexibility index (Phi) is 3.51. The van der Waals surface area contributed by atoms with E-state index in [0.717, 1.165) is 17.1 Å². The Morgan fingerprint density at radius 1 is 0.833 bits per heavy atom. The molecule has 0 bridgehead atoms. The number of benzene rings is 2. The Labute approximate surface area is 137 Å². The summed E-state index contributed by atoms with van der Waals surface area (Å²) in [6.45, 7) is 0.240. The van der Waals surface area contributed by atoms with E-state index >= 15 is 0 Å². The van der Waals surface area contributed by atoms with E-state index in [1.165, 1.54) is 6.33 Å². The molecule has 3 aromatic rings. The van der Waals surface area contributed by atoms with Crippen LogP contribution in [0, 0.1) is 0 Å². The number of nitrogens with zero attached hydrogens (tertiary/aromatic N) is 2. The second kappa shape index (κ2) is 5.96. The zero-order valence-electron chi connectivity index (χ0n) is 12.6. The number of anilines is 4. The van der Waals surface area contributed by atoms with Crippen LogP contribution in [0.2, 0.25) is 0 Å². The van der Waals surface area contributed by atoms with E-state index in [1.807, 2.05) is 24.3 Å². The van der Waals surface area contributed by atoms with Crippen molar-refractivity contribution in [1.82, 2.24) is 9.97 Å². The summed E-state index contributed by atoms with van der Waals surface area (Å²) in [5.41, 5.74) is 1.57. The van der Waals surface area contributed by atoms with Crippen molar-refractivity contribution in [3.8, 4) is 17.2 Å². The van der Waals surface area contributed by atoms with E-state index in [2.05, 4.69) is 20.6 Å². The van der Waals surface area contributed by atoms with Gasteiger partial charge in [-0.3, -0.25) is 0 Å². The highest BCUT2D eigenvalue weighted by Crippen LogP contribution is 2.35. The minimum absolute atomic E-state index is 0.188. The maximum atomic E-state index is 9.51. The Bertz CT molecular complexity index is 885. The molecule has 2 heterocycles. The fourth-order valence-electron chi connectivity index (χ4n) is 2.35. The van der Waals surface area contributed by atoms with Gasteiger partial charge in [0, 0.05) is 29.6 Å². The number of aromatic nitrogens is 2. The van der Waals surface area contributed by atoms with Gasteiger partial charge in [-0.15, -0.1) is 0 Å². The van der Waals surface area contributed by atoms with Gasteiger partial charge in [-0.2, -0.15) is 0 Å². The Morgan fingerprint density at radius 3 is 2.38 bits per heavy atom. The summed E-state index contributed by atoms with van der Waals surface area (Å²) in [5, 5.41) is 15.8. The maximum Gasteiger partial charge on any atom is 0.231 e. The standard InChI is InChI=1S/C17H14N4O3/c22-13-3-1-2-11(6-13)20-16-8-17(19-9-18-16)21-12-4-5-14-15(7-12)24-10-23-14/h1-9,22H,10H2,(H2,18,19,20,21). The molecule has 24 heavy (non-hydrogen) atoms. The SMILES string of the molecule is Oc1cccc(Nc2cc(Nc3ccc4c(c3)OCO4)ncn2)c1. The normalized spacial score (nSPS) is 12.0. The first-order chi connectivity index (χ1) is 11.8. The highest BCUT2D eigenvalue weighted by molar-refractivity contribution is 5.65. The lowest BCUT2D eigenvalue weighted by Gasteiger charge is -2.09. The number of nitrogens with one attached hydrogen (secondary N) is 2. The van der Waals surface area contributed by atoms with Crippen LogP contribution in [0.1, 0.15) is 0 Å². The van der Waals surface area contributed by atoms with Gasteiger partial charge in [-0.05, 0) is 24.3 Å². The molecule has 4 rings (SSSR count). The van der Waals surface area contributed by atoms with Crippen molar-refractivity contribution in [3.63, 3.8) is 0 Å². The Morgan fingerprint density at radius 2 is 1.58 bits per heavy atom. The van der Waals surface area contributed by atoms with Gasteiger partial charge >= 0.3 is 0 Å². The minimum Gasteiger partial charge on any atom is -0.508 e. The van der Waals surface area contributed by atoms with Crippen LogP contribution in [0.15, 0.2) is 54.9 Å². The van der Waals surface area contributed by atoms with E-state index in [0.29, 0.717) is 17.4 Å². The molecule has 0 spiro atoms. The predicted octanol–water partition coefficient (Wildman–Crippen LogP) is 3.40. The smallest absolute Gasteiger partial charge is 0.231 e. The minimum atomic E-state index is 0.188. The molecular formula is C17H14N4O3. The summed E-state index contributed by atoms with van der Waals surface area (Å²) in [6, 6.07) is 14.2. The Hall–Kier alpha value is -3.48. The van der Waals surface area contributed by atoms with Gasteiger partial charge in [0.1, 0.15) is 23.7 Å². The van der Waals surface area contributed by atoms with Gasteiger partial charge in [0.2, 0.25) is 6.79 Å². The molecule has 7 nitrogen and oxygen atoms in total. The topological polar surface area (TPSA) is 88.5 Å². The average molecular weight is 322 g/mol. The number of phenols is 1. The third kappa shape index (κ3) is 3.00. The summed E-state index contributed by atoms with van der Waals surface area (Å²) in [5.74, 6) is 2.86. The average Bonchev–Trinajstić information content (AvgIpc) is 3.03. The van der Waals surface area contributed by atoms with Gasteiger partial charge in [0.15, 0.2) is 11.5 Å². The fraction of sp³-hybridized carbons (Fsp3) is 0.0588. The molecule has 2 aromatic carbocycles. The van der Waals surface area contributed by atoms with Crippen LogP contribution in [-0.4, -0.2) is 21.9 Å². The van der Waals surface area contributed by atoms with Gasteiger partial charge in [0.05, 0.1) is 0 Å². The molecule has 0 amide bonds. The van der Waals surface area contributed by atoms with Crippen LogP contribution < -0.4 is 20.1 Å². The number of aromatic hydroxyl groups is 1.